The van der Waals surface area contributed by atoms with Crippen molar-refractivity contribution in [2.45, 2.75) is 25.2 Å². The molecule has 0 saturated heterocycles. The molecule has 0 fully saturated rings. The van der Waals surface area contributed by atoms with E-state index in [0.29, 0.717) is 6.42 Å². The van der Waals surface area contributed by atoms with Gasteiger partial charge in [-0.15, -0.1) is 0 Å². The second-order valence-corrected chi connectivity index (χ2v) is 5.91. The number of fused-ring (bicyclic) bond motifs is 1. The summed E-state index contributed by atoms with van der Waals surface area (Å²) < 4.78 is 30.1. The third-order valence-electron chi connectivity index (χ3n) is 3.93. The zero-order valence-electron chi connectivity index (χ0n) is 15.3. The van der Waals surface area contributed by atoms with Gasteiger partial charge in [0.1, 0.15) is 28.6 Å². The van der Waals surface area contributed by atoms with Crippen molar-refractivity contribution in [3.05, 3.63) is 64.3 Å². The Morgan fingerprint density at radius 3 is 2.79 bits per heavy atom. The number of carboxylic acid groups (broad SMARTS) is 1. The molecule has 9 heteroatoms. The minimum absolute atomic E-state index is 0. The van der Waals surface area contributed by atoms with E-state index in [4.69, 9.17) is 19.0 Å². The summed E-state index contributed by atoms with van der Waals surface area (Å²) in [4.78, 5) is 23.5. The predicted molar refractivity (Wildman–Crippen MR) is 99.1 cm³/mol. The van der Waals surface area contributed by atoms with E-state index in [1.165, 1.54) is 24.3 Å². The van der Waals surface area contributed by atoms with Crippen LogP contribution in [0.1, 0.15) is 23.9 Å². The van der Waals surface area contributed by atoms with E-state index in [2.05, 4.69) is 0 Å². The van der Waals surface area contributed by atoms with Crippen LogP contribution in [-0.4, -0.2) is 64.2 Å². The fourth-order valence-electron chi connectivity index (χ4n) is 2.68. The Hall–Kier alpha value is -1.97. The molecule has 1 heterocycles. The molecule has 2 aromatic rings. The van der Waals surface area contributed by atoms with Gasteiger partial charge < -0.3 is 24.1 Å². The average molecular weight is 399 g/mol. The van der Waals surface area contributed by atoms with Crippen molar-refractivity contribution < 1.29 is 33.3 Å². The minimum atomic E-state index is -1.74. The molecule has 143 valence electrons. The normalized spacial score (nSPS) is 21.1. The summed E-state index contributed by atoms with van der Waals surface area (Å²) in [7, 11) is 0. The first kappa shape index (κ1) is 22.3. The van der Waals surface area contributed by atoms with Crippen LogP contribution < -0.4 is 10.2 Å². The summed E-state index contributed by atoms with van der Waals surface area (Å²) in [6.45, 7) is 2.06. The van der Waals surface area contributed by atoms with Gasteiger partial charge in [0.05, 0.1) is 6.61 Å². The second kappa shape index (κ2) is 9.02. The first-order chi connectivity index (χ1) is 12.9. The SMILES string of the molecule is CCCOC1(Oc2cccc3oc(C(=O)O)cc(=O)c23)C=CC(F)=CC1O.[Na]. The van der Waals surface area contributed by atoms with Gasteiger partial charge in [-0.25, -0.2) is 9.18 Å². The standard InChI is InChI=1S/C19H17FO7.Na/c1-2-8-25-19(7-6-11(20)9-16(19)22)27-14-5-3-4-13-17(14)12(21)10-15(26-13)18(23)24;/h3-7,9-10,16,22H,2,8H2,1H3,(H,23,24);. The number of aromatic carboxylic acids is 1. The number of aliphatic hydroxyl groups excluding tert-OH is 1. The van der Waals surface area contributed by atoms with Crippen LogP contribution in [0.25, 0.3) is 11.0 Å². The van der Waals surface area contributed by atoms with Crippen LogP contribution in [0, 0.1) is 0 Å². The van der Waals surface area contributed by atoms with Crippen molar-refractivity contribution in [2.75, 3.05) is 6.61 Å². The Morgan fingerprint density at radius 2 is 2.14 bits per heavy atom. The van der Waals surface area contributed by atoms with E-state index in [1.807, 2.05) is 6.92 Å². The zero-order valence-corrected chi connectivity index (χ0v) is 17.3. The van der Waals surface area contributed by atoms with E-state index >= 15 is 0 Å². The number of rotatable bonds is 6. The molecule has 28 heavy (non-hydrogen) atoms. The summed E-state index contributed by atoms with van der Waals surface area (Å²) in [5, 5.41) is 19.4. The quantitative estimate of drug-likeness (QED) is 0.567. The third kappa shape index (κ3) is 4.37. The van der Waals surface area contributed by atoms with Gasteiger partial charge in [-0.3, -0.25) is 4.79 Å². The van der Waals surface area contributed by atoms with E-state index in [9.17, 15) is 19.1 Å². The fourth-order valence-corrected chi connectivity index (χ4v) is 2.68. The monoisotopic (exact) mass is 399 g/mol. The largest absolute Gasteiger partial charge is 0.475 e. The zero-order chi connectivity index (χ0) is 19.6. The summed E-state index contributed by atoms with van der Waals surface area (Å²) >= 11 is 0. The summed E-state index contributed by atoms with van der Waals surface area (Å²) in [5.74, 6) is -4.27. The molecule has 2 atom stereocenters. The molecule has 1 aromatic heterocycles. The Labute approximate surface area is 181 Å². The van der Waals surface area contributed by atoms with Crippen molar-refractivity contribution in [1.29, 1.82) is 0 Å². The van der Waals surface area contributed by atoms with Crippen LogP contribution in [0.4, 0.5) is 4.39 Å². The molecule has 0 aliphatic heterocycles. The van der Waals surface area contributed by atoms with Crippen LogP contribution in [0.15, 0.2) is 57.5 Å². The molecule has 1 aromatic carbocycles. The van der Waals surface area contributed by atoms with Crippen LogP contribution in [0.5, 0.6) is 5.75 Å². The van der Waals surface area contributed by atoms with Crippen molar-refractivity contribution in [1.82, 2.24) is 0 Å². The molecule has 0 amide bonds. The fraction of sp³-hybridized carbons (Fsp3) is 0.263. The molecule has 1 aliphatic rings. The van der Waals surface area contributed by atoms with Gasteiger partial charge in [-0.1, -0.05) is 13.0 Å². The molecular formula is C19H17FNaO7. The number of carboxylic acids is 1. The van der Waals surface area contributed by atoms with Crippen LogP contribution in [0.2, 0.25) is 0 Å². The van der Waals surface area contributed by atoms with E-state index in [-0.39, 0.29) is 52.9 Å². The van der Waals surface area contributed by atoms with Gasteiger partial charge in [0, 0.05) is 35.6 Å². The number of carbonyl (C=O) groups is 1. The molecule has 1 aliphatic carbocycles. The van der Waals surface area contributed by atoms with Crippen LogP contribution in [0.3, 0.4) is 0 Å². The van der Waals surface area contributed by atoms with Gasteiger partial charge in [0.15, 0.2) is 5.43 Å². The third-order valence-corrected chi connectivity index (χ3v) is 3.93. The first-order valence-electron chi connectivity index (χ1n) is 8.24. The van der Waals surface area contributed by atoms with Gasteiger partial charge >= 0.3 is 5.97 Å². The average Bonchev–Trinajstić information content (AvgIpc) is 2.62. The van der Waals surface area contributed by atoms with Crippen LogP contribution in [-0.2, 0) is 4.74 Å². The maximum absolute atomic E-state index is 13.5. The molecule has 0 spiro atoms. The number of ether oxygens (including phenoxy) is 2. The van der Waals surface area contributed by atoms with Gasteiger partial charge in [0.2, 0.25) is 5.76 Å². The number of aliphatic hydroxyl groups is 1. The Balaban J connectivity index is 0.00000280. The van der Waals surface area contributed by atoms with Gasteiger partial charge in [-0.05, 0) is 36.8 Å². The topological polar surface area (TPSA) is 106 Å². The van der Waals surface area contributed by atoms with E-state index in [0.717, 1.165) is 18.2 Å². The van der Waals surface area contributed by atoms with Gasteiger partial charge in [-0.2, -0.15) is 0 Å². The van der Waals surface area contributed by atoms with E-state index < -0.39 is 34.9 Å². The Kier molecular flexibility index (Phi) is 7.19. The smallest absolute Gasteiger partial charge is 0.371 e. The molecule has 7 nitrogen and oxygen atoms in total. The molecule has 3 rings (SSSR count). The summed E-state index contributed by atoms with van der Waals surface area (Å²) in [6, 6.07) is 5.20. The molecule has 2 unspecified atom stereocenters. The minimum Gasteiger partial charge on any atom is -0.475 e. The molecule has 0 bridgehead atoms. The number of benzene rings is 1. The maximum atomic E-state index is 13.5. The predicted octanol–water partition coefficient (Wildman–Crippen LogP) is 2.40. The van der Waals surface area contributed by atoms with E-state index in [1.54, 1.807) is 0 Å². The molecule has 1 radical (unpaired) electrons. The Bertz CT molecular complexity index is 997. The van der Waals surface area contributed by atoms with Crippen molar-refractivity contribution >= 4 is 46.5 Å². The number of hydrogen-bond donors (Lipinski definition) is 2. The number of hydrogen-bond acceptors (Lipinski definition) is 6. The molecular weight excluding hydrogens is 382 g/mol. The van der Waals surface area contributed by atoms with Crippen molar-refractivity contribution in [3.63, 3.8) is 0 Å². The molecule has 2 N–H and O–H groups in total. The maximum Gasteiger partial charge on any atom is 0.371 e. The second-order valence-electron chi connectivity index (χ2n) is 5.91. The number of halogens is 1. The Morgan fingerprint density at radius 1 is 1.39 bits per heavy atom. The van der Waals surface area contributed by atoms with Crippen LogP contribution >= 0.6 is 0 Å². The molecule has 0 saturated carbocycles. The number of allylic oxidation sites excluding steroid dienone is 2. The van der Waals surface area contributed by atoms with Gasteiger partial charge in [0.25, 0.3) is 5.79 Å². The first-order valence-corrected chi connectivity index (χ1v) is 8.24. The summed E-state index contributed by atoms with van der Waals surface area (Å²) in [5.41, 5.74) is -0.634. The van der Waals surface area contributed by atoms with Crippen molar-refractivity contribution in [3.8, 4) is 5.75 Å². The van der Waals surface area contributed by atoms with Crippen molar-refractivity contribution in [2.24, 2.45) is 0 Å². The summed E-state index contributed by atoms with van der Waals surface area (Å²) in [6.07, 6.45) is 2.41.